The second kappa shape index (κ2) is 66.6. The maximum atomic E-state index is 13.0. The zero-order valence-corrected chi connectivity index (χ0v) is 60.3. The van der Waals surface area contributed by atoms with E-state index in [0.29, 0.717) is 25.7 Å². The van der Waals surface area contributed by atoms with E-state index in [4.69, 9.17) is 37.0 Å². The lowest BCUT2D eigenvalue weighted by atomic mass is 10.1. The number of esters is 4. The highest BCUT2D eigenvalue weighted by molar-refractivity contribution is 7.47. The Bertz CT molecular complexity index is 1940. The highest BCUT2D eigenvalue weighted by Gasteiger charge is 2.30. The van der Waals surface area contributed by atoms with Crippen LogP contribution in [0.25, 0.3) is 0 Å². The first-order chi connectivity index (χ1) is 44.7. The Morgan fingerprint density at radius 3 is 0.793 bits per heavy atom. The average molecular weight is 1350 g/mol. The van der Waals surface area contributed by atoms with Crippen molar-refractivity contribution in [3.8, 4) is 0 Å². The largest absolute Gasteiger partial charge is 0.472 e. The van der Waals surface area contributed by atoms with Gasteiger partial charge in [0.05, 0.1) is 26.4 Å². The summed E-state index contributed by atoms with van der Waals surface area (Å²) in [6.45, 7) is 4.79. The van der Waals surface area contributed by atoms with Crippen molar-refractivity contribution < 1.29 is 80.2 Å². The Balaban J connectivity index is 5.31. The third-order valence-corrected chi connectivity index (χ3v) is 17.6. The molecule has 5 atom stereocenters. The van der Waals surface area contributed by atoms with Crippen LogP contribution in [0.15, 0.2) is 48.6 Å². The number of ether oxygens (including phenoxy) is 4. The molecule has 0 aliphatic heterocycles. The van der Waals surface area contributed by atoms with E-state index >= 15 is 0 Å². The van der Waals surface area contributed by atoms with Crippen LogP contribution in [0.3, 0.4) is 0 Å². The molecule has 0 fully saturated rings. The van der Waals surface area contributed by atoms with Gasteiger partial charge >= 0.3 is 39.5 Å². The van der Waals surface area contributed by atoms with Crippen molar-refractivity contribution in [1.82, 2.24) is 0 Å². The van der Waals surface area contributed by atoms with Crippen molar-refractivity contribution in [2.75, 3.05) is 39.6 Å². The molecular formula is C73H134O17P2. The summed E-state index contributed by atoms with van der Waals surface area (Å²) in [5, 5.41) is 10.6. The molecule has 5 unspecified atom stereocenters. The second-order valence-corrected chi connectivity index (χ2v) is 27.8. The number of aliphatic hydroxyl groups is 1. The molecular weight excluding hydrogens is 1210 g/mol. The molecule has 3 N–H and O–H groups in total. The van der Waals surface area contributed by atoms with Crippen LogP contribution in [0.4, 0.5) is 0 Å². The highest BCUT2D eigenvalue weighted by atomic mass is 31.2. The zero-order valence-electron chi connectivity index (χ0n) is 58.5. The highest BCUT2D eigenvalue weighted by Crippen LogP contribution is 2.45. The summed E-state index contributed by atoms with van der Waals surface area (Å²) in [7, 11) is -9.93. The molecule has 0 saturated carbocycles. The fourth-order valence-corrected chi connectivity index (χ4v) is 11.6. The van der Waals surface area contributed by atoms with Crippen molar-refractivity contribution >= 4 is 39.5 Å². The van der Waals surface area contributed by atoms with Gasteiger partial charge in [0.2, 0.25) is 0 Å². The monoisotopic (exact) mass is 1340 g/mol. The van der Waals surface area contributed by atoms with Crippen molar-refractivity contribution in [3.05, 3.63) is 48.6 Å². The Morgan fingerprint density at radius 1 is 0.293 bits per heavy atom. The minimum absolute atomic E-state index is 0.0870. The molecule has 0 aromatic rings. The van der Waals surface area contributed by atoms with Crippen LogP contribution in [0.1, 0.15) is 336 Å². The molecule has 0 aromatic carbocycles. The number of aliphatic hydroxyl groups excluding tert-OH is 1. The number of phosphoric acid groups is 2. The zero-order chi connectivity index (χ0) is 67.5. The van der Waals surface area contributed by atoms with Gasteiger partial charge in [0.1, 0.15) is 19.3 Å². The van der Waals surface area contributed by atoms with E-state index in [1.807, 2.05) is 0 Å². The van der Waals surface area contributed by atoms with Crippen molar-refractivity contribution in [1.29, 1.82) is 0 Å². The number of unbranched alkanes of at least 4 members (excludes halogenated alkanes) is 36. The number of phosphoric ester groups is 2. The molecule has 0 heterocycles. The second-order valence-electron chi connectivity index (χ2n) is 24.9. The maximum Gasteiger partial charge on any atom is 0.472 e. The van der Waals surface area contributed by atoms with E-state index < -0.39 is 97.5 Å². The Labute approximate surface area is 559 Å². The van der Waals surface area contributed by atoms with Crippen LogP contribution >= 0.6 is 15.6 Å². The first-order valence-corrected chi connectivity index (χ1v) is 39.9. The molecule has 92 heavy (non-hydrogen) atoms. The number of hydrogen-bond donors (Lipinski definition) is 3. The van der Waals surface area contributed by atoms with Crippen LogP contribution in [0, 0.1) is 0 Å². The predicted molar refractivity (Wildman–Crippen MR) is 372 cm³/mol. The number of hydrogen-bond acceptors (Lipinski definition) is 15. The minimum atomic E-state index is -4.97. The summed E-state index contributed by atoms with van der Waals surface area (Å²) in [4.78, 5) is 72.6. The molecule has 0 saturated heterocycles. The number of allylic oxidation sites excluding steroid dienone is 8. The molecule has 19 heteroatoms. The summed E-state index contributed by atoms with van der Waals surface area (Å²) >= 11 is 0. The van der Waals surface area contributed by atoms with E-state index in [9.17, 15) is 43.2 Å². The van der Waals surface area contributed by atoms with E-state index in [1.54, 1.807) is 0 Å². The Hall–Kier alpha value is -2.98. The number of rotatable bonds is 70. The van der Waals surface area contributed by atoms with Gasteiger partial charge in [0.15, 0.2) is 12.2 Å². The fourth-order valence-electron chi connectivity index (χ4n) is 10.0. The lowest BCUT2D eigenvalue weighted by molar-refractivity contribution is -0.161. The molecule has 0 spiro atoms. The summed E-state index contributed by atoms with van der Waals surface area (Å²) < 4.78 is 68.3. The first kappa shape index (κ1) is 89.0. The summed E-state index contributed by atoms with van der Waals surface area (Å²) in [5.41, 5.74) is 0. The van der Waals surface area contributed by atoms with Gasteiger partial charge in [-0.15, -0.1) is 0 Å². The maximum absolute atomic E-state index is 13.0. The molecule has 0 bridgehead atoms. The minimum Gasteiger partial charge on any atom is -0.462 e. The quantitative estimate of drug-likeness (QED) is 0.0169. The molecule has 538 valence electrons. The van der Waals surface area contributed by atoms with E-state index in [1.165, 1.54) is 103 Å². The lowest BCUT2D eigenvalue weighted by Gasteiger charge is -2.21. The van der Waals surface area contributed by atoms with Gasteiger partial charge in [0, 0.05) is 25.7 Å². The lowest BCUT2D eigenvalue weighted by Crippen LogP contribution is -2.30. The molecule has 0 aliphatic rings. The molecule has 0 radical (unpaired) electrons. The van der Waals surface area contributed by atoms with Crippen LogP contribution in [0.2, 0.25) is 0 Å². The summed E-state index contributed by atoms with van der Waals surface area (Å²) in [6, 6.07) is 0. The Morgan fingerprint density at radius 2 is 0.511 bits per heavy atom. The van der Waals surface area contributed by atoms with E-state index in [2.05, 4.69) is 76.3 Å². The molecule has 0 aromatic heterocycles. The van der Waals surface area contributed by atoms with Crippen LogP contribution in [0.5, 0.6) is 0 Å². The van der Waals surface area contributed by atoms with Gasteiger partial charge in [0.25, 0.3) is 0 Å². The van der Waals surface area contributed by atoms with E-state index in [0.717, 1.165) is 154 Å². The smallest absolute Gasteiger partial charge is 0.462 e. The van der Waals surface area contributed by atoms with Gasteiger partial charge < -0.3 is 33.8 Å². The SMILES string of the molecule is CCCC/C=C\CCCCCCCC(=O)OC(COC(=O)CCCCCCC/C=C\CCCCCC)COP(=O)(O)OCC(O)COP(=O)(O)OCC(COC(=O)CCCCCCC/C=C\CCCCCCCC)OC(=O)CCCCCCC/C=C\CCCCCC. The Kier molecular flexibility index (Phi) is 64.5. The van der Waals surface area contributed by atoms with Crippen LogP contribution in [-0.4, -0.2) is 96.7 Å². The average Bonchev–Trinajstić information content (AvgIpc) is 3.58. The summed E-state index contributed by atoms with van der Waals surface area (Å²) in [6.07, 6.45) is 61.1. The van der Waals surface area contributed by atoms with Gasteiger partial charge in [-0.05, 0) is 122 Å². The number of carbonyl (C=O) groups is 4. The normalized spacial score (nSPS) is 14.3. The van der Waals surface area contributed by atoms with Gasteiger partial charge in [-0.3, -0.25) is 37.3 Å². The predicted octanol–water partition coefficient (Wildman–Crippen LogP) is 20.6. The molecule has 0 aliphatic carbocycles. The summed E-state index contributed by atoms with van der Waals surface area (Å²) in [5.74, 6) is -2.19. The molecule has 17 nitrogen and oxygen atoms in total. The van der Waals surface area contributed by atoms with Crippen molar-refractivity contribution in [2.45, 2.75) is 354 Å². The molecule has 0 amide bonds. The molecule has 0 rings (SSSR count). The van der Waals surface area contributed by atoms with E-state index in [-0.39, 0.29) is 25.7 Å². The van der Waals surface area contributed by atoms with Crippen molar-refractivity contribution in [2.24, 2.45) is 0 Å². The topological polar surface area (TPSA) is 237 Å². The van der Waals surface area contributed by atoms with Gasteiger partial charge in [-0.25, -0.2) is 9.13 Å². The number of carbonyl (C=O) groups excluding carboxylic acids is 4. The fraction of sp³-hybridized carbons (Fsp3) is 0.836. The van der Waals surface area contributed by atoms with Crippen molar-refractivity contribution in [3.63, 3.8) is 0 Å². The third kappa shape index (κ3) is 65.7. The van der Waals surface area contributed by atoms with Crippen LogP contribution < -0.4 is 0 Å². The third-order valence-electron chi connectivity index (χ3n) is 15.7. The standard InChI is InChI=1S/C73H134O17P2/c1-5-9-13-17-21-25-29-32-33-36-39-42-46-50-54-58-71(76)84-64-69(90-73(78)60-56-52-48-44-40-35-31-27-23-19-15-11-7-3)66-88-92(81,82)86-62-67(74)61-85-91(79,80)87-65-68(89-72(77)59-55-51-47-43-37-28-24-20-16-12-8-4)63-83-70(75)57-53-49-45-41-38-34-30-26-22-18-14-10-6-2/h20,24,26-27,30-33,67-69,74H,5-19,21-23,25,28-29,34-66H2,1-4H3,(H,79,80)(H,81,82)/b24-20-,30-26-,31-27-,33-32-. The van der Waals surface area contributed by atoms with Crippen LogP contribution in [-0.2, 0) is 65.4 Å². The van der Waals surface area contributed by atoms with Gasteiger partial charge in [-0.1, -0.05) is 237 Å². The van der Waals surface area contributed by atoms with Gasteiger partial charge in [-0.2, -0.15) is 0 Å². The first-order valence-electron chi connectivity index (χ1n) is 36.9.